The minimum absolute atomic E-state index is 0.175. The first-order valence-corrected chi connectivity index (χ1v) is 8.35. The number of nitro benzene ring substituents is 1. The average Bonchev–Trinajstić information content (AvgIpc) is 2.32. The monoisotopic (exact) mass is 353 g/mol. The van der Waals surface area contributed by atoms with E-state index >= 15 is 0 Å². The molecule has 0 saturated carbocycles. The summed E-state index contributed by atoms with van der Waals surface area (Å²) >= 11 is 11.6. The summed E-state index contributed by atoms with van der Waals surface area (Å²) in [5.74, 6) is 0. The maximum absolute atomic E-state index is 12.7. The molecule has 0 bridgehead atoms. The highest BCUT2D eigenvalue weighted by molar-refractivity contribution is 7.89. The molecule has 2 rings (SSSR count). The third-order valence-corrected chi connectivity index (χ3v) is 6.15. The Labute approximate surface area is 132 Å². The van der Waals surface area contributed by atoms with E-state index in [0.29, 0.717) is 13.1 Å². The smallest absolute Gasteiger partial charge is 0.307 e. The fourth-order valence-corrected chi connectivity index (χ4v) is 4.62. The second-order valence-electron chi connectivity index (χ2n) is 4.49. The summed E-state index contributed by atoms with van der Waals surface area (Å²) in [4.78, 5) is 9.90. The van der Waals surface area contributed by atoms with Gasteiger partial charge in [0.05, 0.1) is 11.0 Å². The van der Waals surface area contributed by atoms with Crippen LogP contribution in [0.4, 0.5) is 5.69 Å². The molecule has 1 aromatic rings. The number of halogens is 2. The molecule has 1 saturated heterocycles. The summed E-state index contributed by atoms with van der Waals surface area (Å²) in [6.45, 7) is 3.04. The van der Waals surface area contributed by atoms with E-state index in [4.69, 9.17) is 23.2 Å². The van der Waals surface area contributed by atoms with Gasteiger partial charge in [-0.05, 0) is 12.1 Å². The molecule has 0 aliphatic carbocycles. The van der Waals surface area contributed by atoms with Gasteiger partial charge < -0.3 is 5.32 Å². The highest BCUT2D eigenvalue weighted by atomic mass is 35.5. The van der Waals surface area contributed by atoms with Crippen LogP contribution in [0.25, 0.3) is 0 Å². The molecule has 10 heteroatoms. The standard InChI is InChI=1S/C11H13Cl2N3O4S/c1-2-15(7-5-14-6-7)21(19,20)9-4-3-8(12)11(10(9)13)16(17)18/h3-4,7,14H,2,5-6H2,1H3. The van der Waals surface area contributed by atoms with E-state index in [1.54, 1.807) is 6.92 Å². The molecule has 0 spiro atoms. The topological polar surface area (TPSA) is 92.6 Å². The van der Waals surface area contributed by atoms with E-state index < -0.39 is 25.7 Å². The van der Waals surface area contributed by atoms with Gasteiger partial charge in [-0.2, -0.15) is 4.31 Å². The molecule has 0 unspecified atom stereocenters. The molecule has 1 N–H and O–H groups in total. The van der Waals surface area contributed by atoms with Crippen LogP contribution in [-0.4, -0.2) is 43.3 Å². The predicted molar refractivity (Wildman–Crippen MR) is 79.3 cm³/mol. The molecule has 1 aliphatic rings. The van der Waals surface area contributed by atoms with Crippen molar-refractivity contribution in [1.82, 2.24) is 9.62 Å². The van der Waals surface area contributed by atoms with Crippen LogP contribution in [-0.2, 0) is 10.0 Å². The fraction of sp³-hybridized carbons (Fsp3) is 0.455. The molecule has 7 nitrogen and oxygen atoms in total. The van der Waals surface area contributed by atoms with Crippen molar-refractivity contribution in [3.63, 3.8) is 0 Å². The molecular weight excluding hydrogens is 341 g/mol. The molecule has 1 fully saturated rings. The lowest BCUT2D eigenvalue weighted by atomic mass is 10.2. The Bertz CT molecular complexity index is 676. The highest BCUT2D eigenvalue weighted by Gasteiger charge is 2.37. The van der Waals surface area contributed by atoms with Crippen LogP contribution >= 0.6 is 23.2 Å². The van der Waals surface area contributed by atoms with Crippen molar-refractivity contribution in [3.05, 3.63) is 32.3 Å². The van der Waals surface area contributed by atoms with Crippen LogP contribution < -0.4 is 5.32 Å². The molecule has 0 aromatic heterocycles. The minimum Gasteiger partial charge on any atom is -0.313 e. The maximum Gasteiger partial charge on any atom is 0.307 e. The van der Waals surface area contributed by atoms with Gasteiger partial charge >= 0.3 is 5.69 Å². The zero-order chi connectivity index (χ0) is 15.8. The summed E-state index contributed by atoms with van der Waals surface area (Å²) in [6, 6.07) is 2.19. The summed E-state index contributed by atoms with van der Waals surface area (Å²) in [5.41, 5.74) is -0.595. The lowest BCUT2D eigenvalue weighted by Crippen LogP contribution is -2.58. The first kappa shape index (κ1) is 16.4. The first-order valence-electron chi connectivity index (χ1n) is 6.15. The van der Waals surface area contributed by atoms with Gasteiger partial charge in [0.25, 0.3) is 0 Å². The molecule has 21 heavy (non-hydrogen) atoms. The number of hydrogen-bond donors (Lipinski definition) is 1. The molecule has 1 heterocycles. The summed E-state index contributed by atoms with van der Waals surface area (Å²) in [6.07, 6.45) is 0. The van der Waals surface area contributed by atoms with E-state index in [-0.39, 0.29) is 22.5 Å². The minimum atomic E-state index is -3.92. The van der Waals surface area contributed by atoms with Crippen molar-refractivity contribution in [1.29, 1.82) is 0 Å². The van der Waals surface area contributed by atoms with Gasteiger partial charge in [0.2, 0.25) is 10.0 Å². The Morgan fingerprint density at radius 3 is 2.48 bits per heavy atom. The largest absolute Gasteiger partial charge is 0.313 e. The normalized spacial score (nSPS) is 16.0. The molecule has 0 atom stereocenters. The van der Waals surface area contributed by atoms with Gasteiger partial charge in [0, 0.05) is 19.6 Å². The van der Waals surface area contributed by atoms with Gasteiger partial charge in [-0.25, -0.2) is 8.42 Å². The van der Waals surface area contributed by atoms with Crippen molar-refractivity contribution in [2.24, 2.45) is 0 Å². The van der Waals surface area contributed by atoms with Gasteiger partial charge in [-0.15, -0.1) is 0 Å². The first-order chi connectivity index (χ1) is 9.80. The lowest BCUT2D eigenvalue weighted by Gasteiger charge is -2.36. The molecule has 0 radical (unpaired) electrons. The number of nitro groups is 1. The van der Waals surface area contributed by atoms with Gasteiger partial charge in [0.1, 0.15) is 14.9 Å². The van der Waals surface area contributed by atoms with E-state index in [0.717, 1.165) is 0 Å². The predicted octanol–water partition coefficient (Wildman–Crippen LogP) is 1.88. The third kappa shape index (κ3) is 2.86. The van der Waals surface area contributed by atoms with Crippen LogP contribution in [0.2, 0.25) is 10.0 Å². The summed E-state index contributed by atoms with van der Waals surface area (Å²) < 4.78 is 26.6. The number of sulfonamides is 1. The quantitative estimate of drug-likeness (QED) is 0.644. The molecule has 0 amide bonds. The van der Waals surface area contributed by atoms with Crippen molar-refractivity contribution in [2.75, 3.05) is 19.6 Å². The lowest BCUT2D eigenvalue weighted by molar-refractivity contribution is -0.384. The summed E-state index contributed by atoms with van der Waals surface area (Å²) in [5, 5.41) is 13.3. The highest BCUT2D eigenvalue weighted by Crippen LogP contribution is 2.38. The van der Waals surface area contributed by atoms with Gasteiger partial charge in [0.15, 0.2) is 0 Å². The second-order valence-corrected chi connectivity index (χ2v) is 7.13. The fourth-order valence-electron chi connectivity index (χ4n) is 2.12. The van der Waals surface area contributed by atoms with E-state index in [1.165, 1.54) is 16.4 Å². The molecule has 1 aliphatic heterocycles. The van der Waals surface area contributed by atoms with Gasteiger partial charge in [-0.1, -0.05) is 30.1 Å². The van der Waals surface area contributed by atoms with E-state index in [9.17, 15) is 18.5 Å². The zero-order valence-electron chi connectivity index (χ0n) is 11.0. The third-order valence-electron chi connectivity index (χ3n) is 3.28. The van der Waals surface area contributed by atoms with E-state index in [1.807, 2.05) is 0 Å². The van der Waals surface area contributed by atoms with Crippen molar-refractivity contribution < 1.29 is 13.3 Å². The van der Waals surface area contributed by atoms with Gasteiger partial charge in [-0.3, -0.25) is 10.1 Å². The number of nitrogens with zero attached hydrogens (tertiary/aromatic N) is 2. The Kier molecular flexibility index (Phi) is 4.74. The molecule has 1 aromatic carbocycles. The average molecular weight is 354 g/mol. The van der Waals surface area contributed by atoms with Crippen LogP contribution in [0.1, 0.15) is 6.92 Å². The molecule has 116 valence electrons. The van der Waals surface area contributed by atoms with Crippen LogP contribution in [0, 0.1) is 10.1 Å². The Morgan fingerprint density at radius 1 is 1.43 bits per heavy atom. The zero-order valence-corrected chi connectivity index (χ0v) is 13.4. The summed E-state index contributed by atoms with van der Waals surface area (Å²) in [7, 11) is -3.92. The Balaban J connectivity index is 2.54. The Morgan fingerprint density at radius 2 is 2.05 bits per heavy atom. The second kappa shape index (κ2) is 6.05. The number of benzene rings is 1. The number of hydrogen-bond acceptors (Lipinski definition) is 5. The number of rotatable bonds is 5. The number of nitrogens with one attached hydrogen (secondary N) is 1. The van der Waals surface area contributed by atoms with Crippen LogP contribution in [0.5, 0.6) is 0 Å². The van der Waals surface area contributed by atoms with Crippen molar-refractivity contribution in [3.8, 4) is 0 Å². The molecular formula is C11H13Cl2N3O4S. The maximum atomic E-state index is 12.7. The van der Waals surface area contributed by atoms with Crippen molar-refractivity contribution in [2.45, 2.75) is 17.9 Å². The van der Waals surface area contributed by atoms with Crippen LogP contribution in [0.3, 0.4) is 0 Å². The van der Waals surface area contributed by atoms with Crippen molar-refractivity contribution >= 4 is 38.9 Å². The van der Waals surface area contributed by atoms with E-state index in [2.05, 4.69) is 5.32 Å². The Hall–Kier alpha value is -0.930. The SMILES string of the molecule is CCN(C1CNC1)S(=O)(=O)c1ccc(Cl)c([N+](=O)[O-])c1Cl. The van der Waals surface area contributed by atoms with Crippen LogP contribution in [0.15, 0.2) is 17.0 Å². The number of likely N-dealkylation sites (N-methyl/N-ethyl adjacent to an activating group) is 1.